The lowest BCUT2D eigenvalue weighted by Crippen LogP contribution is -2.37. The van der Waals surface area contributed by atoms with E-state index in [0.717, 1.165) is 11.3 Å². The SMILES string of the molecule is COC(=O)C(C)(C)[C@H](N)c1ccc(N(C)C)cc1Cl.Cl. The van der Waals surface area contributed by atoms with Crippen molar-refractivity contribution in [1.82, 2.24) is 0 Å². The molecule has 0 spiro atoms. The Morgan fingerprint density at radius 2 is 1.95 bits per heavy atom. The van der Waals surface area contributed by atoms with Gasteiger partial charge in [-0.15, -0.1) is 12.4 Å². The average molecular weight is 321 g/mol. The van der Waals surface area contributed by atoms with Gasteiger partial charge >= 0.3 is 5.97 Å². The van der Waals surface area contributed by atoms with Gasteiger partial charge in [0.15, 0.2) is 0 Å². The molecule has 0 aromatic heterocycles. The molecule has 0 heterocycles. The zero-order valence-corrected chi connectivity index (χ0v) is 14.0. The fourth-order valence-electron chi connectivity index (χ4n) is 1.83. The highest BCUT2D eigenvalue weighted by molar-refractivity contribution is 6.31. The molecule has 0 fully saturated rings. The first kappa shape index (κ1) is 19.0. The third-order valence-electron chi connectivity index (χ3n) is 3.32. The summed E-state index contributed by atoms with van der Waals surface area (Å²) in [7, 11) is 5.22. The van der Waals surface area contributed by atoms with Crippen LogP contribution in [0.3, 0.4) is 0 Å². The monoisotopic (exact) mass is 320 g/mol. The van der Waals surface area contributed by atoms with Gasteiger partial charge in [-0.1, -0.05) is 17.7 Å². The molecule has 0 saturated heterocycles. The normalized spacial score (nSPS) is 12.3. The van der Waals surface area contributed by atoms with Gasteiger partial charge in [0.25, 0.3) is 0 Å². The van der Waals surface area contributed by atoms with Gasteiger partial charge in [-0.05, 0) is 31.5 Å². The maximum absolute atomic E-state index is 11.8. The second-order valence-corrected chi connectivity index (χ2v) is 5.70. The standard InChI is InChI=1S/C14H21ClN2O2.ClH/c1-14(2,13(18)19-5)12(16)10-7-6-9(17(3)4)8-11(10)15;/h6-8,12H,16H2,1-5H3;1H/t12-;/m1./s1. The number of hydrogen-bond donors (Lipinski definition) is 1. The van der Waals surface area contributed by atoms with E-state index in [9.17, 15) is 4.79 Å². The zero-order chi connectivity index (χ0) is 14.8. The minimum atomic E-state index is -0.835. The predicted octanol–water partition coefficient (Wildman–Crippen LogP) is 3.03. The van der Waals surface area contributed by atoms with Crippen molar-refractivity contribution in [1.29, 1.82) is 0 Å². The van der Waals surface area contributed by atoms with Gasteiger partial charge in [-0.25, -0.2) is 0 Å². The highest BCUT2D eigenvalue weighted by Crippen LogP contribution is 2.37. The van der Waals surface area contributed by atoms with Crippen LogP contribution >= 0.6 is 24.0 Å². The number of rotatable bonds is 4. The minimum Gasteiger partial charge on any atom is -0.469 e. The summed E-state index contributed by atoms with van der Waals surface area (Å²) in [5.74, 6) is -0.354. The lowest BCUT2D eigenvalue weighted by atomic mass is 9.81. The van der Waals surface area contributed by atoms with Crippen molar-refractivity contribution in [2.24, 2.45) is 11.1 Å². The number of nitrogens with zero attached hydrogens (tertiary/aromatic N) is 1. The Hall–Kier alpha value is -0.970. The van der Waals surface area contributed by atoms with Gasteiger partial charge in [-0.3, -0.25) is 4.79 Å². The van der Waals surface area contributed by atoms with Gasteiger partial charge in [0.05, 0.1) is 12.5 Å². The molecule has 0 aliphatic carbocycles. The predicted molar refractivity (Wildman–Crippen MR) is 85.8 cm³/mol. The molecule has 4 nitrogen and oxygen atoms in total. The van der Waals surface area contributed by atoms with Crippen molar-refractivity contribution < 1.29 is 9.53 Å². The molecule has 1 rings (SSSR count). The van der Waals surface area contributed by atoms with Gasteiger partial charge in [0, 0.05) is 30.8 Å². The first-order valence-electron chi connectivity index (χ1n) is 6.02. The molecular formula is C14H22Cl2N2O2. The van der Waals surface area contributed by atoms with E-state index < -0.39 is 11.5 Å². The zero-order valence-electron chi connectivity index (χ0n) is 12.4. The van der Waals surface area contributed by atoms with Crippen LogP contribution in [0.2, 0.25) is 5.02 Å². The largest absolute Gasteiger partial charge is 0.469 e. The molecule has 0 aliphatic heterocycles. The van der Waals surface area contributed by atoms with Crippen LogP contribution in [0.15, 0.2) is 18.2 Å². The highest BCUT2D eigenvalue weighted by Gasteiger charge is 2.37. The second-order valence-electron chi connectivity index (χ2n) is 5.29. The molecule has 0 amide bonds. The Kier molecular flexibility index (Phi) is 6.81. The molecule has 6 heteroatoms. The summed E-state index contributed by atoms with van der Waals surface area (Å²) < 4.78 is 4.79. The maximum Gasteiger partial charge on any atom is 0.313 e. The van der Waals surface area contributed by atoms with E-state index in [1.165, 1.54) is 7.11 Å². The molecule has 1 atom stereocenters. The van der Waals surface area contributed by atoms with Crippen molar-refractivity contribution in [2.45, 2.75) is 19.9 Å². The Morgan fingerprint density at radius 1 is 1.40 bits per heavy atom. The number of ether oxygens (including phenoxy) is 1. The number of nitrogens with two attached hydrogens (primary N) is 1. The van der Waals surface area contributed by atoms with Crippen molar-refractivity contribution in [3.05, 3.63) is 28.8 Å². The van der Waals surface area contributed by atoms with Crippen LogP contribution in [0.1, 0.15) is 25.5 Å². The van der Waals surface area contributed by atoms with E-state index in [1.807, 2.05) is 37.2 Å². The molecule has 0 unspecified atom stereocenters. The minimum absolute atomic E-state index is 0. The molecule has 2 N–H and O–H groups in total. The summed E-state index contributed by atoms with van der Waals surface area (Å²) in [6.07, 6.45) is 0. The van der Waals surface area contributed by atoms with Crippen LogP contribution in [0.4, 0.5) is 5.69 Å². The van der Waals surface area contributed by atoms with Crippen LogP contribution in [0, 0.1) is 5.41 Å². The van der Waals surface area contributed by atoms with E-state index in [0.29, 0.717) is 5.02 Å². The van der Waals surface area contributed by atoms with Crippen LogP contribution in [0.5, 0.6) is 0 Å². The Balaban J connectivity index is 0.00000361. The maximum atomic E-state index is 11.8. The number of hydrogen-bond acceptors (Lipinski definition) is 4. The summed E-state index contributed by atoms with van der Waals surface area (Å²) in [6.45, 7) is 3.50. The Morgan fingerprint density at radius 3 is 2.35 bits per heavy atom. The van der Waals surface area contributed by atoms with E-state index in [4.69, 9.17) is 22.1 Å². The quantitative estimate of drug-likeness (QED) is 0.866. The van der Waals surface area contributed by atoms with Crippen LogP contribution in [-0.4, -0.2) is 27.2 Å². The molecule has 114 valence electrons. The fourth-order valence-corrected chi connectivity index (χ4v) is 2.12. The molecule has 0 aliphatic rings. The average Bonchev–Trinajstić information content (AvgIpc) is 2.36. The summed E-state index contributed by atoms with van der Waals surface area (Å²) in [4.78, 5) is 13.7. The summed E-state index contributed by atoms with van der Waals surface area (Å²) >= 11 is 6.26. The molecule has 1 aromatic rings. The molecule has 0 saturated carbocycles. The van der Waals surface area contributed by atoms with Crippen molar-refractivity contribution in [2.75, 3.05) is 26.1 Å². The van der Waals surface area contributed by atoms with Crippen LogP contribution < -0.4 is 10.6 Å². The Bertz CT molecular complexity index is 476. The summed E-state index contributed by atoms with van der Waals surface area (Å²) in [5.41, 5.74) is 7.06. The lowest BCUT2D eigenvalue weighted by molar-refractivity contribution is -0.152. The molecule has 1 aromatic carbocycles. The first-order chi connectivity index (χ1) is 8.71. The number of benzene rings is 1. The molecule has 0 radical (unpaired) electrons. The fraction of sp³-hybridized carbons (Fsp3) is 0.500. The lowest BCUT2D eigenvalue weighted by Gasteiger charge is -2.29. The van der Waals surface area contributed by atoms with E-state index >= 15 is 0 Å². The molecule has 20 heavy (non-hydrogen) atoms. The van der Waals surface area contributed by atoms with Crippen LogP contribution in [-0.2, 0) is 9.53 Å². The topological polar surface area (TPSA) is 55.6 Å². The number of halogens is 2. The van der Waals surface area contributed by atoms with Crippen molar-refractivity contribution >= 4 is 35.7 Å². The number of carbonyl (C=O) groups excluding carboxylic acids is 1. The van der Waals surface area contributed by atoms with Gasteiger partial charge < -0.3 is 15.4 Å². The smallest absolute Gasteiger partial charge is 0.313 e. The van der Waals surface area contributed by atoms with E-state index in [2.05, 4.69) is 0 Å². The van der Waals surface area contributed by atoms with Crippen LogP contribution in [0.25, 0.3) is 0 Å². The number of anilines is 1. The second kappa shape index (κ2) is 7.16. The first-order valence-corrected chi connectivity index (χ1v) is 6.40. The van der Waals surface area contributed by atoms with Gasteiger partial charge in [0.1, 0.15) is 0 Å². The van der Waals surface area contributed by atoms with Crippen molar-refractivity contribution in [3.8, 4) is 0 Å². The van der Waals surface area contributed by atoms with E-state index in [1.54, 1.807) is 13.8 Å². The van der Waals surface area contributed by atoms with E-state index in [-0.39, 0.29) is 18.4 Å². The third-order valence-corrected chi connectivity index (χ3v) is 3.65. The molecule has 0 bridgehead atoms. The highest BCUT2D eigenvalue weighted by atomic mass is 35.5. The number of carbonyl (C=O) groups is 1. The summed E-state index contributed by atoms with van der Waals surface area (Å²) in [5, 5.41) is 0.552. The van der Waals surface area contributed by atoms with Gasteiger partial charge in [0.2, 0.25) is 0 Å². The third kappa shape index (κ3) is 3.78. The summed E-state index contributed by atoms with van der Waals surface area (Å²) in [6, 6.07) is 5.09. The number of methoxy groups -OCH3 is 1. The van der Waals surface area contributed by atoms with Gasteiger partial charge in [-0.2, -0.15) is 0 Å². The number of esters is 1. The Labute approximate surface area is 131 Å². The molecular weight excluding hydrogens is 299 g/mol. The van der Waals surface area contributed by atoms with Crippen molar-refractivity contribution in [3.63, 3.8) is 0 Å².